The van der Waals surface area contributed by atoms with Crippen LogP contribution in [0.1, 0.15) is 18.9 Å². The van der Waals surface area contributed by atoms with E-state index in [0.717, 1.165) is 49.7 Å². The van der Waals surface area contributed by atoms with Crippen LogP contribution in [-0.2, 0) is 9.59 Å². The molecule has 0 aliphatic carbocycles. The molecule has 0 aromatic heterocycles. The molecule has 4 rings (SSSR count). The lowest BCUT2D eigenvalue weighted by Gasteiger charge is -2.35. The van der Waals surface area contributed by atoms with Gasteiger partial charge in [0.1, 0.15) is 0 Å². The Balaban J connectivity index is 1.38. The molecule has 0 saturated carbocycles. The molecule has 6 nitrogen and oxygen atoms in total. The lowest BCUT2D eigenvalue weighted by atomic mass is 10.1. The van der Waals surface area contributed by atoms with Crippen LogP contribution >= 0.6 is 0 Å². The van der Waals surface area contributed by atoms with Crippen molar-refractivity contribution in [1.82, 2.24) is 4.90 Å². The average Bonchev–Trinajstić information content (AvgIpc) is 3.17. The van der Waals surface area contributed by atoms with E-state index in [9.17, 15) is 9.59 Å². The molecule has 0 spiro atoms. The molecule has 2 amide bonds. The second-order valence-corrected chi connectivity index (χ2v) is 8.15. The largest absolute Gasteiger partial charge is 0.369 e. The van der Waals surface area contributed by atoms with Crippen molar-refractivity contribution < 1.29 is 9.59 Å². The summed E-state index contributed by atoms with van der Waals surface area (Å²) in [5.74, 6) is -0.423. The van der Waals surface area contributed by atoms with Gasteiger partial charge in [0.25, 0.3) is 0 Å². The van der Waals surface area contributed by atoms with Crippen LogP contribution in [-0.4, -0.2) is 56.0 Å². The maximum Gasteiger partial charge on any atom is 0.229 e. The number of nitrogens with one attached hydrogen (secondary N) is 1. The van der Waals surface area contributed by atoms with Crippen molar-refractivity contribution in [3.8, 4) is 0 Å². The second-order valence-electron chi connectivity index (χ2n) is 8.15. The van der Waals surface area contributed by atoms with E-state index < -0.39 is 0 Å². The highest BCUT2D eigenvalue weighted by Gasteiger charge is 2.35. The quantitative estimate of drug-likeness (QED) is 0.829. The third-order valence-electron chi connectivity index (χ3n) is 6.22. The molecule has 2 saturated heterocycles. The summed E-state index contributed by atoms with van der Waals surface area (Å²) in [4.78, 5) is 31.8. The molecule has 2 aromatic rings. The van der Waals surface area contributed by atoms with Gasteiger partial charge in [-0.15, -0.1) is 0 Å². The number of piperazine rings is 1. The fourth-order valence-electron chi connectivity index (χ4n) is 4.28. The number of likely N-dealkylation sites (N-methyl/N-ethyl adjacent to an activating group) is 1. The van der Waals surface area contributed by atoms with Gasteiger partial charge in [-0.25, -0.2) is 0 Å². The Morgan fingerprint density at radius 3 is 2.43 bits per heavy atom. The minimum Gasteiger partial charge on any atom is -0.369 e. The molecule has 1 atom stereocenters. The van der Waals surface area contributed by atoms with Gasteiger partial charge in [0, 0.05) is 56.2 Å². The van der Waals surface area contributed by atoms with Gasteiger partial charge >= 0.3 is 0 Å². The number of aryl methyl sites for hydroxylation is 1. The first kappa shape index (κ1) is 20.4. The van der Waals surface area contributed by atoms with Crippen LogP contribution in [0.5, 0.6) is 0 Å². The Bertz CT molecular complexity index is 907. The van der Waals surface area contributed by atoms with Gasteiger partial charge in [-0.2, -0.15) is 0 Å². The summed E-state index contributed by atoms with van der Waals surface area (Å²) in [6, 6.07) is 15.8. The zero-order valence-corrected chi connectivity index (χ0v) is 17.8. The fourth-order valence-corrected chi connectivity index (χ4v) is 4.28. The Kier molecular flexibility index (Phi) is 6.04. The first-order valence-corrected chi connectivity index (χ1v) is 10.8. The van der Waals surface area contributed by atoms with Crippen LogP contribution in [0.15, 0.2) is 48.5 Å². The van der Waals surface area contributed by atoms with Crippen molar-refractivity contribution in [2.75, 3.05) is 54.4 Å². The maximum atomic E-state index is 12.8. The summed E-state index contributed by atoms with van der Waals surface area (Å²) in [6.45, 7) is 9.97. The number of anilines is 3. The molecular weight excluding hydrogens is 376 g/mol. The molecule has 2 aliphatic heterocycles. The summed E-state index contributed by atoms with van der Waals surface area (Å²) in [6.07, 6.45) is 0.250. The fraction of sp³-hybridized carbons (Fsp3) is 0.417. The zero-order valence-electron chi connectivity index (χ0n) is 17.8. The molecule has 158 valence electrons. The van der Waals surface area contributed by atoms with Crippen molar-refractivity contribution in [2.24, 2.45) is 5.92 Å². The Hall–Kier alpha value is -2.86. The third kappa shape index (κ3) is 4.33. The minimum atomic E-state index is -0.334. The highest BCUT2D eigenvalue weighted by molar-refractivity contribution is 6.03. The van der Waals surface area contributed by atoms with Gasteiger partial charge < -0.3 is 20.0 Å². The van der Waals surface area contributed by atoms with E-state index in [1.54, 1.807) is 4.90 Å². The van der Waals surface area contributed by atoms with E-state index >= 15 is 0 Å². The van der Waals surface area contributed by atoms with Gasteiger partial charge in [0.15, 0.2) is 0 Å². The highest BCUT2D eigenvalue weighted by atomic mass is 16.2. The first-order chi connectivity index (χ1) is 14.5. The Labute approximate surface area is 178 Å². The molecule has 0 radical (unpaired) electrons. The van der Waals surface area contributed by atoms with Crippen molar-refractivity contribution in [3.63, 3.8) is 0 Å². The third-order valence-corrected chi connectivity index (χ3v) is 6.22. The highest BCUT2D eigenvalue weighted by Crippen LogP contribution is 2.28. The SMILES string of the molecule is CCN1CCN(c2ccc(NC(=O)C3CC(=O)N(c4ccccc4)C3)c(C)c2)CC1. The van der Waals surface area contributed by atoms with Crippen LogP contribution < -0.4 is 15.1 Å². The predicted octanol–water partition coefficient (Wildman–Crippen LogP) is 3.13. The van der Waals surface area contributed by atoms with E-state index in [2.05, 4.69) is 34.2 Å². The van der Waals surface area contributed by atoms with Crippen molar-refractivity contribution in [3.05, 3.63) is 54.1 Å². The molecule has 2 fully saturated rings. The van der Waals surface area contributed by atoms with Crippen LogP contribution in [0.3, 0.4) is 0 Å². The summed E-state index contributed by atoms with van der Waals surface area (Å²) < 4.78 is 0. The van der Waals surface area contributed by atoms with E-state index in [1.807, 2.05) is 43.3 Å². The number of rotatable bonds is 5. The smallest absolute Gasteiger partial charge is 0.229 e. The van der Waals surface area contributed by atoms with E-state index in [4.69, 9.17) is 0 Å². The number of nitrogens with zero attached hydrogens (tertiary/aromatic N) is 3. The van der Waals surface area contributed by atoms with E-state index in [0.29, 0.717) is 6.54 Å². The number of amides is 2. The zero-order chi connectivity index (χ0) is 21.1. The normalized spacial score (nSPS) is 19.9. The van der Waals surface area contributed by atoms with Gasteiger partial charge in [-0.3, -0.25) is 9.59 Å². The first-order valence-electron chi connectivity index (χ1n) is 10.8. The van der Waals surface area contributed by atoms with Gasteiger partial charge in [-0.05, 0) is 49.4 Å². The van der Waals surface area contributed by atoms with Crippen molar-refractivity contribution >= 4 is 28.9 Å². The number of hydrogen-bond acceptors (Lipinski definition) is 4. The summed E-state index contributed by atoms with van der Waals surface area (Å²) >= 11 is 0. The summed E-state index contributed by atoms with van der Waals surface area (Å²) in [5, 5.41) is 3.05. The number of benzene rings is 2. The predicted molar refractivity (Wildman–Crippen MR) is 121 cm³/mol. The van der Waals surface area contributed by atoms with E-state index in [-0.39, 0.29) is 24.2 Å². The lowest BCUT2D eigenvalue weighted by Crippen LogP contribution is -2.46. The molecule has 2 aliphatic rings. The van der Waals surface area contributed by atoms with Crippen LogP contribution in [0.4, 0.5) is 17.1 Å². The standard InChI is InChI=1S/C24H30N4O2/c1-3-26-11-13-27(14-12-26)21-9-10-22(18(2)15-21)25-24(30)19-16-23(29)28(17-19)20-7-5-4-6-8-20/h4-10,15,19H,3,11-14,16-17H2,1-2H3,(H,25,30). The molecular formula is C24H30N4O2. The van der Waals surface area contributed by atoms with Crippen LogP contribution in [0.25, 0.3) is 0 Å². The second kappa shape index (κ2) is 8.88. The molecule has 1 N–H and O–H groups in total. The molecule has 1 unspecified atom stereocenters. The summed E-state index contributed by atoms with van der Waals surface area (Å²) in [7, 11) is 0. The lowest BCUT2D eigenvalue weighted by molar-refractivity contribution is -0.122. The van der Waals surface area contributed by atoms with Gasteiger partial charge in [0.2, 0.25) is 11.8 Å². The van der Waals surface area contributed by atoms with E-state index in [1.165, 1.54) is 5.69 Å². The minimum absolute atomic E-state index is 0.000332. The average molecular weight is 407 g/mol. The number of carbonyl (C=O) groups is 2. The van der Waals surface area contributed by atoms with Crippen LogP contribution in [0, 0.1) is 12.8 Å². The topological polar surface area (TPSA) is 55.9 Å². The number of hydrogen-bond donors (Lipinski definition) is 1. The Morgan fingerprint density at radius 2 is 1.77 bits per heavy atom. The molecule has 30 heavy (non-hydrogen) atoms. The van der Waals surface area contributed by atoms with Gasteiger partial charge in [0.05, 0.1) is 5.92 Å². The number of carbonyl (C=O) groups excluding carboxylic acids is 2. The molecule has 2 heterocycles. The van der Waals surface area contributed by atoms with Crippen molar-refractivity contribution in [2.45, 2.75) is 20.3 Å². The maximum absolute atomic E-state index is 12.8. The van der Waals surface area contributed by atoms with Crippen molar-refractivity contribution in [1.29, 1.82) is 0 Å². The molecule has 0 bridgehead atoms. The molecule has 6 heteroatoms. The number of para-hydroxylation sites is 1. The summed E-state index contributed by atoms with van der Waals surface area (Å²) in [5.41, 5.74) is 3.92. The molecule has 2 aromatic carbocycles. The monoisotopic (exact) mass is 406 g/mol. The van der Waals surface area contributed by atoms with Gasteiger partial charge in [-0.1, -0.05) is 25.1 Å². The Morgan fingerprint density at radius 1 is 1.03 bits per heavy atom. The van der Waals surface area contributed by atoms with Crippen LogP contribution in [0.2, 0.25) is 0 Å².